The molecule has 0 aliphatic heterocycles. The van der Waals surface area contributed by atoms with E-state index in [1.54, 1.807) is 0 Å². The summed E-state index contributed by atoms with van der Waals surface area (Å²) in [5.41, 5.74) is 8.74. The van der Waals surface area contributed by atoms with E-state index < -0.39 is 0 Å². The molecular weight excluding hydrogens is 550 g/mol. The number of nitrogens with zero attached hydrogens (tertiary/aromatic N) is 1. The molecule has 0 amide bonds. The Morgan fingerprint density at radius 1 is 0.378 bits per heavy atom. The predicted octanol–water partition coefficient (Wildman–Crippen LogP) is 10.9. The molecule has 45 heavy (non-hydrogen) atoms. The zero-order valence-electron chi connectivity index (χ0n) is 24.5. The van der Waals surface area contributed by atoms with Gasteiger partial charge in [0.15, 0.2) is 0 Å². The van der Waals surface area contributed by atoms with Crippen molar-refractivity contribution >= 4 is 63.3 Å². The fourth-order valence-electron chi connectivity index (χ4n) is 5.93. The highest BCUT2D eigenvalue weighted by atomic mass is 16.1. The Hall–Kier alpha value is -6.06. The monoisotopic (exact) mass is 579 g/mol. The van der Waals surface area contributed by atoms with E-state index >= 15 is 0 Å². The number of carbonyl (C=O) groups excluding carboxylic acids is 2. The summed E-state index contributed by atoms with van der Waals surface area (Å²) in [5.74, 6) is 0. The SMILES string of the molecule is O=Cc1ccc(N(c2ccc(C=O)cc2)c2ccc(C=Cc3ccc(-c4cccc5ccccc45)c4ccccc34)cc2)cc1. The lowest BCUT2D eigenvalue weighted by Gasteiger charge is -2.25. The van der Waals surface area contributed by atoms with Gasteiger partial charge in [-0.2, -0.15) is 0 Å². The van der Waals surface area contributed by atoms with Crippen LogP contribution in [0.5, 0.6) is 0 Å². The average molecular weight is 580 g/mol. The van der Waals surface area contributed by atoms with Gasteiger partial charge < -0.3 is 4.90 Å². The van der Waals surface area contributed by atoms with Crippen LogP contribution >= 0.6 is 0 Å². The first-order valence-corrected chi connectivity index (χ1v) is 14.9. The Morgan fingerprint density at radius 2 is 0.867 bits per heavy atom. The number of fused-ring (bicyclic) bond motifs is 2. The number of benzene rings is 7. The van der Waals surface area contributed by atoms with Crippen molar-refractivity contribution in [3.8, 4) is 11.1 Å². The van der Waals surface area contributed by atoms with Gasteiger partial charge in [0.25, 0.3) is 0 Å². The first kappa shape index (κ1) is 27.8. The van der Waals surface area contributed by atoms with Gasteiger partial charge in [-0.05, 0) is 104 Å². The van der Waals surface area contributed by atoms with E-state index in [0.29, 0.717) is 11.1 Å². The summed E-state index contributed by atoms with van der Waals surface area (Å²) in [6, 6.07) is 51.4. The second kappa shape index (κ2) is 12.3. The summed E-state index contributed by atoms with van der Waals surface area (Å²) in [7, 11) is 0. The Kier molecular flexibility index (Phi) is 7.57. The van der Waals surface area contributed by atoms with Crippen LogP contribution in [0.4, 0.5) is 17.1 Å². The third kappa shape index (κ3) is 5.55. The van der Waals surface area contributed by atoms with Crippen LogP contribution in [-0.2, 0) is 0 Å². The Labute approximate surface area is 262 Å². The van der Waals surface area contributed by atoms with Gasteiger partial charge in [-0.15, -0.1) is 0 Å². The number of rotatable bonds is 8. The molecule has 0 N–H and O–H groups in total. The molecule has 3 heteroatoms. The molecule has 7 aromatic carbocycles. The van der Waals surface area contributed by atoms with Crippen LogP contribution in [0, 0.1) is 0 Å². The van der Waals surface area contributed by atoms with E-state index in [2.05, 4.69) is 120 Å². The average Bonchev–Trinajstić information content (AvgIpc) is 3.11. The van der Waals surface area contributed by atoms with E-state index in [-0.39, 0.29) is 0 Å². The van der Waals surface area contributed by atoms with E-state index in [0.717, 1.165) is 40.8 Å². The lowest BCUT2D eigenvalue weighted by molar-refractivity contribution is 0.111. The maximum absolute atomic E-state index is 11.2. The largest absolute Gasteiger partial charge is 0.311 e. The van der Waals surface area contributed by atoms with Crippen molar-refractivity contribution in [2.75, 3.05) is 4.90 Å². The van der Waals surface area contributed by atoms with Crippen LogP contribution in [0.2, 0.25) is 0 Å². The Bertz CT molecular complexity index is 2120. The maximum atomic E-state index is 11.2. The smallest absolute Gasteiger partial charge is 0.150 e. The van der Waals surface area contributed by atoms with Gasteiger partial charge in [0.2, 0.25) is 0 Å². The van der Waals surface area contributed by atoms with Gasteiger partial charge in [0.1, 0.15) is 12.6 Å². The molecule has 0 unspecified atom stereocenters. The highest BCUT2D eigenvalue weighted by Crippen LogP contribution is 2.37. The van der Waals surface area contributed by atoms with Crippen LogP contribution in [0.15, 0.2) is 152 Å². The van der Waals surface area contributed by atoms with Crippen molar-refractivity contribution in [2.45, 2.75) is 0 Å². The van der Waals surface area contributed by atoms with Crippen LogP contribution < -0.4 is 4.90 Å². The minimum Gasteiger partial charge on any atom is -0.311 e. The second-order valence-corrected chi connectivity index (χ2v) is 11.0. The minimum absolute atomic E-state index is 0.619. The molecule has 3 nitrogen and oxygen atoms in total. The highest BCUT2D eigenvalue weighted by Gasteiger charge is 2.13. The van der Waals surface area contributed by atoms with Crippen LogP contribution in [0.25, 0.3) is 44.8 Å². The third-order valence-electron chi connectivity index (χ3n) is 8.22. The third-order valence-corrected chi connectivity index (χ3v) is 8.22. The molecule has 7 rings (SSSR count). The van der Waals surface area contributed by atoms with Gasteiger partial charge in [0.05, 0.1) is 0 Å². The highest BCUT2D eigenvalue weighted by molar-refractivity contribution is 6.07. The van der Waals surface area contributed by atoms with Gasteiger partial charge >= 0.3 is 0 Å². The standard InChI is InChI=1S/C42H29NO2/c44-28-31-15-23-36(24-16-31)43(37-25-17-32(29-45)18-26-37)35-21-13-30(14-22-35)12-19-34-20-27-42(40-10-4-3-9-39(34)40)41-11-5-7-33-6-1-2-8-38(33)41/h1-29H. The molecule has 0 saturated carbocycles. The van der Waals surface area contributed by atoms with Crippen LogP contribution in [-0.4, -0.2) is 12.6 Å². The van der Waals surface area contributed by atoms with Crippen molar-refractivity contribution in [3.63, 3.8) is 0 Å². The molecule has 0 atom stereocenters. The summed E-state index contributed by atoms with van der Waals surface area (Å²) < 4.78 is 0. The van der Waals surface area contributed by atoms with Crippen molar-refractivity contribution < 1.29 is 9.59 Å². The summed E-state index contributed by atoms with van der Waals surface area (Å²) in [4.78, 5) is 24.6. The summed E-state index contributed by atoms with van der Waals surface area (Å²) in [6.07, 6.45) is 6.01. The lowest BCUT2D eigenvalue weighted by Crippen LogP contribution is -2.10. The van der Waals surface area contributed by atoms with Gasteiger partial charge in [-0.1, -0.05) is 103 Å². The number of aldehydes is 2. The van der Waals surface area contributed by atoms with Crippen molar-refractivity contribution in [3.05, 3.63) is 174 Å². The molecule has 214 valence electrons. The zero-order chi connectivity index (χ0) is 30.6. The molecule has 0 saturated heterocycles. The first-order valence-electron chi connectivity index (χ1n) is 14.9. The number of anilines is 3. The molecule has 0 bridgehead atoms. The van der Waals surface area contributed by atoms with Crippen molar-refractivity contribution in [1.82, 2.24) is 0 Å². The quantitative estimate of drug-likeness (QED) is 0.133. The van der Waals surface area contributed by atoms with Crippen LogP contribution in [0.3, 0.4) is 0 Å². The summed E-state index contributed by atoms with van der Waals surface area (Å²) in [6.45, 7) is 0. The summed E-state index contributed by atoms with van der Waals surface area (Å²) in [5, 5.41) is 4.92. The van der Waals surface area contributed by atoms with Crippen LogP contribution in [0.1, 0.15) is 31.8 Å². The van der Waals surface area contributed by atoms with Crippen molar-refractivity contribution in [2.24, 2.45) is 0 Å². The fraction of sp³-hybridized carbons (Fsp3) is 0. The zero-order valence-corrected chi connectivity index (χ0v) is 24.5. The van der Waals surface area contributed by atoms with E-state index in [4.69, 9.17) is 0 Å². The molecule has 0 spiro atoms. The molecule has 0 radical (unpaired) electrons. The molecule has 0 aliphatic carbocycles. The lowest BCUT2D eigenvalue weighted by atomic mass is 9.92. The molecule has 0 heterocycles. The molecule has 7 aromatic rings. The predicted molar refractivity (Wildman–Crippen MR) is 188 cm³/mol. The normalized spacial score (nSPS) is 11.2. The van der Waals surface area contributed by atoms with E-state index in [1.165, 1.54) is 32.7 Å². The Morgan fingerprint density at radius 3 is 1.47 bits per heavy atom. The number of carbonyl (C=O) groups is 2. The number of hydrogen-bond acceptors (Lipinski definition) is 3. The second-order valence-electron chi connectivity index (χ2n) is 11.0. The van der Waals surface area contributed by atoms with Gasteiger partial charge in [-0.3, -0.25) is 9.59 Å². The fourth-order valence-corrected chi connectivity index (χ4v) is 5.93. The van der Waals surface area contributed by atoms with Crippen molar-refractivity contribution in [1.29, 1.82) is 0 Å². The number of hydrogen-bond donors (Lipinski definition) is 0. The molecular formula is C42H29NO2. The van der Waals surface area contributed by atoms with Gasteiger partial charge in [0, 0.05) is 28.2 Å². The molecule has 0 aromatic heterocycles. The van der Waals surface area contributed by atoms with Gasteiger partial charge in [-0.25, -0.2) is 0 Å². The minimum atomic E-state index is 0.619. The summed E-state index contributed by atoms with van der Waals surface area (Å²) >= 11 is 0. The molecule has 0 aliphatic rings. The topological polar surface area (TPSA) is 37.4 Å². The molecule has 0 fully saturated rings. The first-order chi connectivity index (χ1) is 22.2. The maximum Gasteiger partial charge on any atom is 0.150 e. The van der Waals surface area contributed by atoms with E-state index in [9.17, 15) is 9.59 Å². The van der Waals surface area contributed by atoms with E-state index in [1.807, 2.05) is 48.5 Å². The Balaban J connectivity index is 1.22.